The number of amides is 1. The first kappa shape index (κ1) is 20.4. The number of nitrogens with zero attached hydrogens (tertiary/aromatic N) is 2. The van der Waals surface area contributed by atoms with Gasteiger partial charge in [0.05, 0.1) is 11.3 Å². The molecule has 0 fully saturated rings. The number of aryl methyl sites for hydroxylation is 1. The summed E-state index contributed by atoms with van der Waals surface area (Å²) in [6, 6.07) is 15.7. The van der Waals surface area contributed by atoms with Crippen molar-refractivity contribution in [1.82, 2.24) is 9.56 Å². The first-order valence-corrected chi connectivity index (χ1v) is 9.60. The highest BCUT2D eigenvalue weighted by Gasteiger charge is 2.13. The van der Waals surface area contributed by atoms with Crippen LogP contribution >= 0.6 is 11.6 Å². The maximum Gasteiger partial charge on any atom is 0.338 e. The van der Waals surface area contributed by atoms with Gasteiger partial charge in [0.2, 0.25) is 0 Å². The Balaban J connectivity index is 1.44. The third kappa shape index (κ3) is 4.65. The lowest BCUT2D eigenvalue weighted by atomic mass is 10.1. The lowest BCUT2D eigenvalue weighted by molar-refractivity contribution is 0.0467. The molecule has 156 valence electrons. The molecule has 4 aromatic rings. The monoisotopic (exact) mass is 437 g/mol. The van der Waals surface area contributed by atoms with Crippen LogP contribution in [0.3, 0.4) is 0 Å². The van der Waals surface area contributed by atoms with Gasteiger partial charge in [0.1, 0.15) is 12.4 Å². The zero-order chi connectivity index (χ0) is 22.0. The smallest absolute Gasteiger partial charge is 0.338 e. The Labute approximate surface area is 181 Å². The number of aromatic nitrogens is 2. The molecule has 0 saturated carbocycles. The summed E-state index contributed by atoms with van der Waals surface area (Å²) in [5.74, 6) is -0.444. The van der Waals surface area contributed by atoms with Crippen LogP contribution in [0.1, 0.15) is 32.2 Å². The molecule has 31 heavy (non-hydrogen) atoms. The van der Waals surface area contributed by atoms with E-state index in [4.69, 9.17) is 20.9 Å². The van der Waals surface area contributed by atoms with E-state index in [1.54, 1.807) is 55.5 Å². The van der Waals surface area contributed by atoms with Gasteiger partial charge in [0, 0.05) is 28.4 Å². The van der Waals surface area contributed by atoms with Crippen LogP contribution in [0, 0.1) is 6.92 Å². The van der Waals surface area contributed by atoms with E-state index < -0.39 is 11.5 Å². The van der Waals surface area contributed by atoms with E-state index in [2.05, 4.69) is 10.3 Å². The summed E-state index contributed by atoms with van der Waals surface area (Å²) < 4.78 is 11.6. The van der Waals surface area contributed by atoms with Crippen LogP contribution in [-0.4, -0.2) is 21.4 Å². The largest absolute Gasteiger partial charge is 0.456 e. The minimum absolute atomic E-state index is 0.187. The number of benzene rings is 2. The van der Waals surface area contributed by atoms with Crippen LogP contribution in [0.5, 0.6) is 0 Å². The normalized spacial score (nSPS) is 10.8. The number of rotatable bonds is 5. The predicted molar refractivity (Wildman–Crippen MR) is 113 cm³/mol. The number of carbonyl (C=O) groups excluding carboxylic acids is 2. The van der Waals surface area contributed by atoms with Crippen molar-refractivity contribution < 1.29 is 18.8 Å². The number of halogens is 1. The molecule has 0 aliphatic heterocycles. The van der Waals surface area contributed by atoms with Crippen molar-refractivity contribution in [3.8, 4) is 0 Å². The second-order valence-corrected chi connectivity index (χ2v) is 7.14. The topological polar surface area (TPSA) is 103 Å². The van der Waals surface area contributed by atoms with E-state index >= 15 is 0 Å². The summed E-state index contributed by atoms with van der Waals surface area (Å²) in [5, 5.41) is 3.16. The van der Waals surface area contributed by atoms with E-state index in [1.165, 1.54) is 12.1 Å². The number of nitrogens with one attached hydrogen (secondary N) is 1. The molecule has 0 radical (unpaired) electrons. The Kier molecular flexibility index (Phi) is 5.55. The Bertz CT molecular complexity index is 1360. The second kappa shape index (κ2) is 8.45. The fourth-order valence-corrected chi connectivity index (χ4v) is 3.12. The predicted octanol–water partition coefficient (Wildman–Crippen LogP) is 3.86. The molecule has 0 aliphatic rings. The lowest BCUT2D eigenvalue weighted by Crippen LogP contribution is -2.15. The molecule has 2 heterocycles. The van der Waals surface area contributed by atoms with Crippen LogP contribution in [0.25, 0.3) is 5.65 Å². The SMILES string of the molecule is Cc1cc2nc(COC(=O)c3cccc(NC(=O)c4cccc(Cl)c4)c3)cc(=O)n2o1. The third-order valence-electron chi connectivity index (χ3n) is 4.32. The second-order valence-electron chi connectivity index (χ2n) is 6.71. The molecule has 0 bridgehead atoms. The van der Waals surface area contributed by atoms with Gasteiger partial charge in [-0.2, -0.15) is 0 Å². The minimum atomic E-state index is -0.621. The highest BCUT2D eigenvalue weighted by Crippen LogP contribution is 2.16. The molecule has 4 rings (SSSR count). The van der Waals surface area contributed by atoms with Gasteiger partial charge in [-0.15, -0.1) is 4.57 Å². The van der Waals surface area contributed by atoms with E-state index in [1.807, 2.05) is 0 Å². The molecule has 1 amide bonds. The van der Waals surface area contributed by atoms with Crippen molar-refractivity contribution in [2.45, 2.75) is 13.5 Å². The van der Waals surface area contributed by atoms with Gasteiger partial charge in [0.15, 0.2) is 5.65 Å². The highest BCUT2D eigenvalue weighted by atomic mass is 35.5. The van der Waals surface area contributed by atoms with Crippen molar-refractivity contribution in [2.75, 3.05) is 5.32 Å². The van der Waals surface area contributed by atoms with Gasteiger partial charge in [-0.3, -0.25) is 9.59 Å². The van der Waals surface area contributed by atoms with E-state index in [-0.39, 0.29) is 18.1 Å². The first-order valence-electron chi connectivity index (χ1n) is 9.23. The molecular formula is C22H16ClN3O5. The molecule has 2 aromatic carbocycles. The molecule has 0 saturated heterocycles. The maximum absolute atomic E-state index is 12.4. The van der Waals surface area contributed by atoms with Gasteiger partial charge >= 0.3 is 5.97 Å². The van der Waals surface area contributed by atoms with Gasteiger partial charge in [-0.25, -0.2) is 9.78 Å². The number of esters is 1. The van der Waals surface area contributed by atoms with E-state index in [0.717, 1.165) is 4.57 Å². The summed E-state index contributed by atoms with van der Waals surface area (Å²) in [6.45, 7) is 1.51. The molecular weight excluding hydrogens is 422 g/mol. The van der Waals surface area contributed by atoms with Gasteiger partial charge < -0.3 is 14.6 Å². The van der Waals surface area contributed by atoms with E-state index in [0.29, 0.717) is 33.4 Å². The van der Waals surface area contributed by atoms with Crippen LogP contribution in [0.4, 0.5) is 5.69 Å². The number of carbonyl (C=O) groups is 2. The van der Waals surface area contributed by atoms with Crippen LogP contribution in [-0.2, 0) is 11.3 Å². The molecule has 8 nitrogen and oxygen atoms in total. The number of anilines is 1. The van der Waals surface area contributed by atoms with Crippen molar-refractivity contribution >= 4 is 34.8 Å². The molecule has 0 unspecified atom stereocenters. The lowest BCUT2D eigenvalue weighted by Gasteiger charge is -2.08. The van der Waals surface area contributed by atoms with Crippen LogP contribution in [0.15, 0.2) is 70.0 Å². The Morgan fingerprint density at radius 2 is 1.87 bits per heavy atom. The quantitative estimate of drug-likeness (QED) is 0.475. The van der Waals surface area contributed by atoms with Crippen LogP contribution in [0.2, 0.25) is 5.02 Å². The number of hydrogen-bond donors (Lipinski definition) is 1. The molecule has 1 N–H and O–H groups in total. The summed E-state index contributed by atoms with van der Waals surface area (Å²) >= 11 is 5.91. The Morgan fingerprint density at radius 1 is 1.10 bits per heavy atom. The number of fused-ring (bicyclic) bond motifs is 1. The zero-order valence-electron chi connectivity index (χ0n) is 16.3. The molecule has 9 heteroatoms. The molecule has 0 aliphatic carbocycles. The third-order valence-corrected chi connectivity index (χ3v) is 4.55. The summed E-state index contributed by atoms with van der Waals surface area (Å²) in [7, 11) is 0. The maximum atomic E-state index is 12.4. The minimum Gasteiger partial charge on any atom is -0.456 e. The van der Waals surface area contributed by atoms with Crippen molar-refractivity contribution in [3.63, 3.8) is 0 Å². The fourth-order valence-electron chi connectivity index (χ4n) is 2.93. The average Bonchev–Trinajstić information content (AvgIpc) is 3.13. The van der Waals surface area contributed by atoms with Crippen LogP contribution < -0.4 is 10.9 Å². The van der Waals surface area contributed by atoms with Gasteiger partial charge in [-0.05, 0) is 43.3 Å². The zero-order valence-corrected chi connectivity index (χ0v) is 17.1. The summed E-state index contributed by atoms with van der Waals surface area (Å²) in [5.41, 5.74) is 1.27. The van der Waals surface area contributed by atoms with Gasteiger partial charge in [-0.1, -0.05) is 23.7 Å². The molecule has 2 aromatic heterocycles. The molecule has 0 spiro atoms. The highest BCUT2D eigenvalue weighted by molar-refractivity contribution is 6.31. The Morgan fingerprint density at radius 3 is 2.68 bits per heavy atom. The average molecular weight is 438 g/mol. The van der Waals surface area contributed by atoms with E-state index in [9.17, 15) is 14.4 Å². The molecule has 0 atom stereocenters. The van der Waals surface area contributed by atoms with Crippen molar-refractivity contribution in [2.24, 2.45) is 0 Å². The summed E-state index contributed by atoms with van der Waals surface area (Å²) in [6.07, 6.45) is 0. The number of hydrogen-bond acceptors (Lipinski definition) is 6. The standard InChI is InChI=1S/C22H16ClN3O5/c1-13-8-19-24-18(11-20(27)26(19)31-13)12-30-22(29)15-5-3-7-17(10-15)25-21(28)14-4-2-6-16(23)9-14/h2-11H,12H2,1H3,(H,25,28). The van der Waals surface area contributed by atoms with Crippen molar-refractivity contribution in [1.29, 1.82) is 0 Å². The number of ether oxygens (including phenoxy) is 1. The first-order chi connectivity index (χ1) is 14.9. The Hall–Kier alpha value is -3.91. The van der Waals surface area contributed by atoms with Crippen molar-refractivity contribution in [3.05, 3.63) is 98.6 Å². The van der Waals surface area contributed by atoms with Gasteiger partial charge in [0.25, 0.3) is 11.5 Å². The summed E-state index contributed by atoms with van der Waals surface area (Å²) in [4.78, 5) is 41.1. The fraction of sp³-hybridized carbons (Fsp3) is 0.0909.